The standard InChI is InChI=1S/C19H22ClN3O3/c1-25-19(24)22-21-13-16-5-4-15(12-14-2-6-17(20)7-3-14)18(16)23-8-10-26-11-9-23/h2-3,6-7,12-13H,4-5,8-11H2,1H3,(H,22,24). The van der Waals surface area contributed by atoms with E-state index in [4.69, 9.17) is 16.3 Å². The van der Waals surface area contributed by atoms with E-state index < -0.39 is 6.09 Å². The molecule has 1 saturated heterocycles. The highest BCUT2D eigenvalue weighted by molar-refractivity contribution is 6.30. The zero-order valence-corrected chi connectivity index (χ0v) is 15.5. The van der Waals surface area contributed by atoms with E-state index in [1.54, 1.807) is 6.21 Å². The smallest absolute Gasteiger partial charge is 0.427 e. The van der Waals surface area contributed by atoms with Gasteiger partial charge >= 0.3 is 6.09 Å². The first-order chi connectivity index (χ1) is 12.7. The van der Waals surface area contributed by atoms with Crippen LogP contribution in [-0.4, -0.2) is 50.6 Å². The lowest BCUT2D eigenvalue weighted by molar-refractivity contribution is 0.0548. The summed E-state index contributed by atoms with van der Waals surface area (Å²) in [6.07, 6.45) is 5.12. The first-order valence-corrected chi connectivity index (χ1v) is 8.94. The van der Waals surface area contributed by atoms with Gasteiger partial charge in [0.05, 0.1) is 26.5 Å². The van der Waals surface area contributed by atoms with Crippen molar-refractivity contribution in [1.82, 2.24) is 10.3 Å². The van der Waals surface area contributed by atoms with Gasteiger partial charge in [0.15, 0.2) is 0 Å². The minimum absolute atomic E-state index is 0.579. The van der Waals surface area contributed by atoms with Crippen LogP contribution in [0.15, 0.2) is 46.2 Å². The number of carbonyl (C=O) groups excluding carboxylic acids is 1. The lowest BCUT2D eigenvalue weighted by Gasteiger charge is -2.31. The fourth-order valence-electron chi connectivity index (χ4n) is 3.14. The number of hydrogen-bond acceptors (Lipinski definition) is 5. The normalized spacial score (nSPS) is 19.5. The van der Waals surface area contributed by atoms with Crippen LogP contribution in [0.25, 0.3) is 6.08 Å². The number of benzene rings is 1. The summed E-state index contributed by atoms with van der Waals surface area (Å²) >= 11 is 5.98. The van der Waals surface area contributed by atoms with E-state index in [9.17, 15) is 4.79 Å². The second kappa shape index (κ2) is 8.87. The average Bonchev–Trinajstić information content (AvgIpc) is 3.06. The van der Waals surface area contributed by atoms with Gasteiger partial charge in [-0.25, -0.2) is 10.2 Å². The molecule has 0 radical (unpaired) electrons. The van der Waals surface area contributed by atoms with Gasteiger partial charge in [-0.05, 0) is 47.8 Å². The Morgan fingerprint density at radius 2 is 2.00 bits per heavy atom. The molecule has 2 aliphatic rings. The minimum Gasteiger partial charge on any atom is -0.452 e. The molecule has 0 bridgehead atoms. The van der Waals surface area contributed by atoms with E-state index in [2.05, 4.69) is 26.2 Å². The van der Waals surface area contributed by atoms with Gasteiger partial charge in [-0.1, -0.05) is 23.7 Å². The zero-order chi connectivity index (χ0) is 18.4. The van der Waals surface area contributed by atoms with Crippen molar-refractivity contribution in [3.05, 3.63) is 51.7 Å². The van der Waals surface area contributed by atoms with Crippen LogP contribution in [0.2, 0.25) is 5.02 Å². The molecule has 0 atom stereocenters. The maximum absolute atomic E-state index is 11.2. The van der Waals surface area contributed by atoms with Crippen LogP contribution in [0.5, 0.6) is 0 Å². The Morgan fingerprint density at radius 1 is 1.27 bits per heavy atom. The van der Waals surface area contributed by atoms with Crippen molar-refractivity contribution in [3.63, 3.8) is 0 Å². The van der Waals surface area contributed by atoms with Crippen molar-refractivity contribution in [2.45, 2.75) is 12.8 Å². The van der Waals surface area contributed by atoms with Gasteiger partial charge in [0.25, 0.3) is 0 Å². The monoisotopic (exact) mass is 375 g/mol. The van der Waals surface area contributed by atoms with Crippen LogP contribution < -0.4 is 5.43 Å². The number of nitrogens with zero attached hydrogens (tertiary/aromatic N) is 2. The fraction of sp³-hybridized carbons (Fsp3) is 0.368. The van der Waals surface area contributed by atoms with Crippen molar-refractivity contribution in [2.24, 2.45) is 5.10 Å². The number of halogens is 1. The summed E-state index contributed by atoms with van der Waals surface area (Å²) in [4.78, 5) is 13.5. The number of nitrogens with one attached hydrogen (secondary N) is 1. The summed E-state index contributed by atoms with van der Waals surface area (Å²) in [5.41, 5.74) is 7.00. The fourth-order valence-corrected chi connectivity index (χ4v) is 3.27. The summed E-state index contributed by atoms with van der Waals surface area (Å²) in [5, 5.41) is 4.74. The summed E-state index contributed by atoms with van der Waals surface area (Å²) < 4.78 is 10.0. The largest absolute Gasteiger partial charge is 0.452 e. The predicted octanol–water partition coefficient (Wildman–Crippen LogP) is 3.45. The maximum atomic E-state index is 11.2. The lowest BCUT2D eigenvalue weighted by Crippen LogP contribution is -2.36. The second-order valence-electron chi connectivity index (χ2n) is 6.06. The Hall–Kier alpha value is -2.31. The molecule has 7 heteroatoms. The molecule has 6 nitrogen and oxygen atoms in total. The van der Waals surface area contributed by atoms with E-state index in [1.807, 2.05) is 24.3 Å². The van der Waals surface area contributed by atoms with Crippen LogP contribution in [0, 0.1) is 0 Å². The Bertz CT molecular complexity index is 735. The molecule has 1 aromatic rings. The lowest BCUT2D eigenvalue weighted by atomic mass is 10.1. The Labute approximate surface area is 158 Å². The van der Waals surface area contributed by atoms with E-state index >= 15 is 0 Å². The Balaban J connectivity index is 1.88. The molecule has 1 aromatic carbocycles. The Morgan fingerprint density at radius 3 is 2.69 bits per heavy atom. The quantitative estimate of drug-likeness (QED) is 0.646. The molecular weight excluding hydrogens is 354 g/mol. The van der Waals surface area contributed by atoms with Gasteiger partial charge in [0.2, 0.25) is 0 Å². The van der Waals surface area contributed by atoms with Crippen LogP contribution in [0.3, 0.4) is 0 Å². The van der Waals surface area contributed by atoms with Crippen LogP contribution >= 0.6 is 11.6 Å². The van der Waals surface area contributed by atoms with E-state index in [0.717, 1.165) is 42.1 Å². The van der Waals surface area contributed by atoms with E-state index in [-0.39, 0.29) is 0 Å². The summed E-state index contributed by atoms with van der Waals surface area (Å²) in [5.74, 6) is 0. The third-order valence-electron chi connectivity index (χ3n) is 4.37. The topological polar surface area (TPSA) is 63.2 Å². The molecule has 1 aliphatic heterocycles. The highest BCUT2D eigenvalue weighted by Crippen LogP contribution is 2.35. The van der Waals surface area contributed by atoms with Crippen molar-refractivity contribution < 1.29 is 14.3 Å². The third-order valence-corrected chi connectivity index (χ3v) is 4.62. The van der Waals surface area contributed by atoms with Crippen LogP contribution in [0.1, 0.15) is 18.4 Å². The maximum Gasteiger partial charge on any atom is 0.427 e. The number of ether oxygens (including phenoxy) is 2. The third kappa shape index (κ3) is 4.65. The van der Waals surface area contributed by atoms with Gasteiger partial charge in [-0.2, -0.15) is 5.10 Å². The molecule has 0 aromatic heterocycles. The number of methoxy groups -OCH3 is 1. The van der Waals surface area contributed by atoms with E-state index in [0.29, 0.717) is 13.2 Å². The molecule has 0 saturated carbocycles. The summed E-state index contributed by atoms with van der Waals surface area (Å²) in [6, 6.07) is 7.81. The van der Waals surface area contributed by atoms with Crippen molar-refractivity contribution in [1.29, 1.82) is 0 Å². The van der Waals surface area contributed by atoms with E-state index in [1.165, 1.54) is 18.4 Å². The molecule has 0 unspecified atom stereocenters. The predicted molar refractivity (Wildman–Crippen MR) is 102 cm³/mol. The zero-order valence-electron chi connectivity index (χ0n) is 14.7. The second-order valence-corrected chi connectivity index (χ2v) is 6.49. The Kier molecular flexibility index (Phi) is 6.30. The highest BCUT2D eigenvalue weighted by atomic mass is 35.5. The average molecular weight is 376 g/mol. The minimum atomic E-state index is -0.579. The number of hydrogen-bond donors (Lipinski definition) is 1. The molecule has 1 amide bonds. The summed E-state index contributed by atoms with van der Waals surface area (Å²) in [6.45, 7) is 3.11. The SMILES string of the molecule is COC(=O)NN=CC1=C(N2CCOCC2)C(=Cc2ccc(Cl)cc2)CC1. The van der Waals surface area contributed by atoms with Gasteiger partial charge < -0.3 is 14.4 Å². The number of carbonyl (C=O) groups is 1. The first kappa shape index (κ1) is 18.5. The van der Waals surface area contributed by atoms with Crippen LogP contribution in [0.4, 0.5) is 4.79 Å². The molecule has 138 valence electrons. The van der Waals surface area contributed by atoms with Crippen molar-refractivity contribution in [3.8, 4) is 0 Å². The van der Waals surface area contributed by atoms with Crippen molar-refractivity contribution >= 4 is 30.0 Å². The van der Waals surface area contributed by atoms with Crippen molar-refractivity contribution in [2.75, 3.05) is 33.4 Å². The molecule has 26 heavy (non-hydrogen) atoms. The molecular formula is C19H22ClN3O3. The van der Waals surface area contributed by atoms with Gasteiger partial charge in [-0.3, -0.25) is 0 Å². The summed E-state index contributed by atoms with van der Waals surface area (Å²) in [7, 11) is 1.31. The molecule has 1 heterocycles. The number of hydrazone groups is 1. The van der Waals surface area contributed by atoms with Gasteiger partial charge in [0, 0.05) is 23.8 Å². The molecule has 0 spiro atoms. The number of amides is 1. The number of morpholine rings is 1. The molecule has 1 aliphatic carbocycles. The van der Waals surface area contributed by atoms with Gasteiger partial charge in [-0.15, -0.1) is 0 Å². The highest BCUT2D eigenvalue weighted by Gasteiger charge is 2.25. The number of allylic oxidation sites excluding steroid dienone is 2. The van der Waals surface area contributed by atoms with Crippen LogP contribution in [-0.2, 0) is 9.47 Å². The van der Waals surface area contributed by atoms with Gasteiger partial charge in [0.1, 0.15) is 0 Å². The molecule has 3 rings (SSSR count). The molecule has 1 N–H and O–H groups in total. The number of rotatable bonds is 4. The first-order valence-electron chi connectivity index (χ1n) is 8.57. The molecule has 1 fully saturated rings.